The van der Waals surface area contributed by atoms with E-state index in [4.69, 9.17) is 0 Å². The van der Waals surface area contributed by atoms with Crippen LogP contribution < -0.4 is 0 Å². The smallest absolute Gasteiger partial charge is 0.314 e. The maximum absolute atomic E-state index is 11.3. The molecule has 1 rings (SSSR count). The van der Waals surface area contributed by atoms with Crippen molar-refractivity contribution < 1.29 is 9.90 Å². The number of hydrogen-bond donors (Lipinski definition) is 1. The first-order valence-electron chi connectivity index (χ1n) is 4.96. The van der Waals surface area contributed by atoms with E-state index in [0.29, 0.717) is 12.8 Å². The first-order valence-corrected chi connectivity index (χ1v) is 4.96. The molecule has 84 valence electrons. The largest absolute Gasteiger partial charge is 0.481 e. The number of rotatable bonds is 4. The van der Waals surface area contributed by atoms with Crippen LogP contribution in [0.3, 0.4) is 0 Å². The maximum Gasteiger partial charge on any atom is 0.314 e. The van der Waals surface area contributed by atoms with Crippen LogP contribution in [-0.4, -0.2) is 11.1 Å². The van der Waals surface area contributed by atoms with Crippen LogP contribution in [0.15, 0.2) is 30.3 Å². The van der Waals surface area contributed by atoms with Crippen molar-refractivity contribution in [1.82, 2.24) is 0 Å². The quantitative estimate of drug-likeness (QED) is 0.857. The number of carbonyl (C=O) groups is 1. The Morgan fingerprint density at radius 3 is 2.00 bits per heavy atom. The highest BCUT2D eigenvalue weighted by Crippen LogP contribution is 2.31. The average molecular weight is 226 g/mol. The number of aliphatic carboxylic acids is 1. The molecule has 2 nitrogen and oxygen atoms in total. The molecule has 15 heavy (non-hydrogen) atoms. The zero-order valence-corrected chi connectivity index (χ0v) is 10.2. The Morgan fingerprint density at radius 1 is 1.20 bits per heavy atom. The summed E-state index contributed by atoms with van der Waals surface area (Å²) in [5, 5.41) is 9.28. The van der Waals surface area contributed by atoms with Crippen LogP contribution in [0.2, 0.25) is 0 Å². The van der Waals surface area contributed by atoms with E-state index < -0.39 is 11.4 Å². The van der Waals surface area contributed by atoms with Crippen molar-refractivity contribution in [3.63, 3.8) is 0 Å². The molecular weight excluding hydrogens is 208 g/mol. The highest BCUT2D eigenvalue weighted by molar-refractivity contribution is 7.59. The predicted molar refractivity (Wildman–Crippen MR) is 66.7 cm³/mol. The molecule has 0 unspecified atom stereocenters. The van der Waals surface area contributed by atoms with Gasteiger partial charge < -0.3 is 5.11 Å². The molecule has 1 aromatic rings. The third-order valence-corrected chi connectivity index (χ3v) is 2.94. The van der Waals surface area contributed by atoms with Gasteiger partial charge in [0.1, 0.15) is 0 Å². The van der Waals surface area contributed by atoms with E-state index >= 15 is 0 Å². The monoisotopic (exact) mass is 226 g/mol. The summed E-state index contributed by atoms with van der Waals surface area (Å²) < 4.78 is 0. The second kappa shape index (κ2) is 5.81. The third-order valence-electron chi connectivity index (χ3n) is 2.94. The Hall–Kier alpha value is -0.960. The molecule has 0 aliphatic rings. The summed E-state index contributed by atoms with van der Waals surface area (Å²) >= 11 is 0. The number of benzene rings is 1. The summed E-state index contributed by atoms with van der Waals surface area (Å²) in [5.41, 5.74) is 0.193. The van der Waals surface area contributed by atoms with Crippen molar-refractivity contribution in [2.45, 2.75) is 32.1 Å². The molecule has 0 bridgehead atoms. The van der Waals surface area contributed by atoms with E-state index in [1.807, 2.05) is 44.2 Å². The summed E-state index contributed by atoms with van der Waals surface area (Å²) in [7, 11) is 0. The topological polar surface area (TPSA) is 37.3 Å². The van der Waals surface area contributed by atoms with E-state index in [1.54, 1.807) is 0 Å². The molecule has 0 spiro atoms. The summed E-state index contributed by atoms with van der Waals surface area (Å²) in [6.45, 7) is 3.84. The van der Waals surface area contributed by atoms with Gasteiger partial charge in [0.05, 0.1) is 5.41 Å². The third kappa shape index (κ3) is 2.53. The van der Waals surface area contributed by atoms with Crippen LogP contribution in [0.25, 0.3) is 0 Å². The minimum absolute atomic E-state index is 0. The van der Waals surface area contributed by atoms with Crippen molar-refractivity contribution >= 4 is 19.5 Å². The molecular formula is C12H18O2S. The van der Waals surface area contributed by atoms with Gasteiger partial charge in [-0.15, -0.1) is 0 Å². The average Bonchev–Trinajstić information content (AvgIpc) is 2.22. The minimum atomic E-state index is -0.728. The van der Waals surface area contributed by atoms with Crippen molar-refractivity contribution in [1.29, 1.82) is 0 Å². The molecule has 0 aromatic heterocycles. The summed E-state index contributed by atoms with van der Waals surface area (Å²) in [4.78, 5) is 11.3. The fraction of sp³-hybridized carbons (Fsp3) is 0.417. The van der Waals surface area contributed by atoms with Gasteiger partial charge >= 0.3 is 5.97 Å². The van der Waals surface area contributed by atoms with E-state index in [-0.39, 0.29) is 13.5 Å². The second-order valence-electron chi connectivity index (χ2n) is 3.46. The Kier molecular flexibility index (Phi) is 5.44. The maximum atomic E-state index is 11.3. The van der Waals surface area contributed by atoms with E-state index in [0.717, 1.165) is 5.56 Å². The van der Waals surface area contributed by atoms with E-state index in [1.165, 1.54) is 0 Å². The number of carboxylic acid groups (broad SMARTS) is 1. The van der Waals surface area contributed by atoms with E-state index in [2.05, 4.69) is 0 Å². The van der Waals surface area contributed by atoms with Crippen LogP contribution in [0, 0.1) is 0 Å². The molecule has 1 aromatic carbocycles. The molecule has 0 fully saturated rings. The van der Waals surface area contributed by atoms with Crippen LogP contribution in [0.4, 0.5) is 0 Å². The zero-order valence-electron chi connectivity index (χ0n) is 9.16. The molecule has 1 N–H and O–H groups in total. The van der Waals surface area contributed by atoms with Gasteiger partial charge in [0.2, 0.25) is 0 Å². The van der Waals surface area contributed by atoms with Crippen molar-refractivity contribution in [3.05, 3.63) is 35.9 Å². The molecule has 0 saturated heterocycles. The van der Waals surface area contributed by atoms with Crippen LogP contribution in [-0.2, 0) is 10.2 Å². The normalized spacial score (nSPS) is 10.5. The Bertz CT molecular complexity index is 305. The molecule has 0 amide bonds. The Balaban J connectivity index is 0.00000196. The van der Waals surface area contributed by atoms with Crippen LogP contribution >= 0.6 is 13.5 Å². The van der Waals surface area contributed by atoms with Crippen molar-refractivity contribution in [2.75, 3.05) is 0 Å². The van der Waals surface area contributed by atoms with Gasteiger partial charge in [0.25, 0.3) is 0 Å². The molecule has 0 atom stereocenters. The lowest BCUT2D eigenvalue weighted by Crippen LogP contribution is -2.34. The minimum Gasteiger partial charge on any atom is -0.481 e. The lowest BCUT2D eigenvalue weighted by molar-refractivity contribution is -0.144. The van der Waals surface area contributed by atoms with Gasteiger partial charge in [0.15, 0.2) is 0 Å². The van der Waals surface area contributed by atoms with Gasteiger partial charge in [-0.05, 0) is 18.4 Å². The van der Waals surface area contributed by atoms with Gasteiger partial charge in [0, 0.05) is 0 Å². The van der Waals surface area contributed by atoms with Crippen molar-refractivity contribution in [3.8, 4) is 0 Å². The summed E-state index contributed by atoms with van der Waals surface area (Å²) in [6.07, 6.45) is 1.26. The second-order valence-corrected chi connectivity index (χ2v) is 3.46. The fourth-order valence-electron chi connectivity index (χ4n) is 1.84. The Labute approximate surface area is 97.8 Å². The SMILES string of the molecule is CCC(CC)(C(=O)O)c1ccccc1.S. The summed E-state index contributed by atoms with van der Waals surface area (Å²) in [5.74, 6) is -0.728. The predicted octanol–water partition coefficient (Wildman–Crippen LogP) is 2.94. The lowest BCUT2D eigenvalue weighted by Gasteiger charge is -2.27. The van der Waals surface area contributed by atoms with Crippen LogP contribution in [0.1, 0.15) is 32.3 Å². The van der Waals surface area contributed by atoms with Gasteiger partial charge in [-0.25, -0.2) is 0 Å². The zero-order chi connectivity index (χ0) is 10.6. The van der Waals surface area contributed by atoms with E-state index in [9.17, 15) is 9.90 Å². The van der Waals surface area contributed by atoms with Gasteiger partial charge in [-0.1, -0.05) is 44.2 Å². The highest BCUT2D eigenvalue weighted by atomic mass is 32.1. The van der Waals surface area contributed by atoms with Crippen molar-refractivity contribution in [2.24, 2.45) is 0 Å². The number of hydrogen-bond acceptors (Lipinski definition) is 1. The fourth-order valence-corrected chi connectivity index (χ4v) is 1.84. The standard InChI is InChI=1S/C12H16O2.H2S/c1-3-12(4-2,11(13)14)10-8-6-5-7-9-10;/h5-9H,3-4H2,1-2H3,(H,13,14);1H2. The Morgan fingerprint density at radius 2 is 1.67 bits per heavy atom. The highest BCUT2D eigenvalue weighted by Gasteiger charge is 2.36. The molecule has 0 saturated carbocycles. The molecule has 3 heteroatoms. The van der Waals surface area contributed by atoms with Crippen LogP contribution in [0.5, 0.6) is 0 Å². The summed E-state index contributed by atoms with van der Waals surface area (Å²) in [6, 6.07) is 9.46. The lowest BCUT2D eigenvalue weighted by atomic mass is 9.76. The first-order chi connectivity index (χ1) is 6.67. The number of carboxylic acids is 1. The molecule has 0 radical (unpaired) electrons. The molecule has 0 aliphatic carbocycles. The van der Waals surface area contributed by atoms with Gasteiger partial charge in [-0.2, -0.15) is 13.5 Å². The molecule has 0 aliphatic heterocycles. The first kappa shape index (κ1) is 14.0. The van der Waals surface area contributed by atoms with Gasteiger partial charge in [-0.3, -0.25) is 4.79 Å². The molecule has 0 heterocycles.